The number of rotatable bonds is 3. The third-order valence-electron chi connectivity index (χ3n) is 5.70. The van der Waals surface area contributed by atoms with E-state index in [1.54, 1.807) is 13.4 Å². The summed E-state index contributed by atoms with van der Waals surface area (Å²) in [7, 11) is 1.65. The van der Waals surface area contributed by atoms with Crippen molar-refractivity contribution in [1.82, 2.24) is 0 Å². The molecule has 2 atom stereocenters. The first-order valence-electron chi connectivity index (χ1n) is 9.79. The number of Topliss-reactive ketones (excluding diaryl/α,β-unsaturated/α-hetero) is 1. The van der Waals surface area contributed by atoms with Gasteiger partial charge in [-0.15, -0.1) is 0 Å². The van der Waals surface area contributed by atoms with Crippen LogP contribution in [0.25, 0.3) is 0 Å². The molecule has 2 aromatic carbocycles. The zero-order chi connectivity index (χ0) is 19.8. The summed E-state index contributed by atoms with van der Waals surface area (Å²) in [6.07, 6.45) is 2.84. The van der Waals surface area contributed by atoms with Crippen LogP contribution in [0, 0.1) is 0 Å². The Balaban J connectivity index is 1.60. The number of carbonyl (C=O) groups is 1. The molecule has 0 amide bonds. The second kappa shape index (κ2) is 7.17. The van der Waals surface area contributed by atoms with Gasteiger partial charge in [0, 0.05) is 23.6 Å². The van der Waals surface area contributed by atoms with Gasteiger partial charge in [-0.2, -0.15) is 0 Å². The van der Waals surface area contributed by atoms with Gasteiger partial charge in [0.25, 0.3) is 0 Å². The van der Waals surface area contributed by atoms with Gasteiger partial charge in [0.05, 0.1) is 30.8 Å². The number of carbonyl (C=O) groups excluding carboxylic acids is 1. The maximum atomic E-state index is 13.3. The molecule has 0 radical (unpaired) electrons. The molecule has 0 saturated heterocycles. The SMILES string of the molecule is COc1ccc([C@@H]2Nc3ccccc3NC3=C2C(=O)C[C@H](c2ccco2)C3)cc1. The van der Waals surface area contributed by atoms with Crippen LogP contribution in [0.2, 0.25) is 0 Å². The number of benzene rings is 2. The van der Waals surface area contributed by atoms with Crippen LogP contribution in [0.3, 0.4) is 0 Å². The van der Waals surface area contributed by atoms with Crippen molar-refractivity contribution in [2.24, 2.45) is 0 Å². The van der Waals surface area contributed by atoms with E-state index < -0.39 is 0 Å². The van der Waals surface area contributed by atoms with Crippen molar-refractivity contribution >= 4 is 17.2 Å². The molecule has 0 fully saturated rings. The van der Waals surface area contributed by atoms with Crippen molar-refractivity contribution in [2.45, 2.75) is 24.8 Å². The highest BCUT2D eigenvalue weighted by Gasteiger charge is 2.36. The Labute approximate surface area is 169 Å². The molecule has 29 heavy (non-hydrogen) atoms. The Kier molecular flexibility index (Phi) is 4.35. The monoisotopic (exact) mass is 386 g/mol. The van der Waals surface area contributed by atoms with Crippen LogP contribution in [-0.2, 0) is 4.79 Å². The molecule has 1 aliphatic heterocycles. The molecule has 146 valence electrons. The van der Waals surface area contributed by atoms with E-state index in [9.17, 15) is 4.79 Å². The Morgan fingerprint density at radius 3 is 2.48 bits per heavy atom. The predicted octanol–water partition coefficient (Wildman–Crippen LogP) is 5.27. The second-order valence-corrected chi connectivity index (χ2v) is 7.46. The lowest BCUT2D eigenvalue weighted by molar-refractivity contribution is -0.116. The molecule has 0 bridgehead atoms. The lowest BCUT2D eigenvalue weighted by Crippen LogP contribution is -2.26. The van der Waals surface area contributed by atoms with Crippen molar-refractivity contribution in [3.63, 3.8) is 0 Å². The average molecular weight is 386 g/mol. The fourth-order valence-electron chi connectivity index (χ4n) is 4.26. The second-order valence-electron chi connectivity index (χ2n) is 7.46. The summed E-state index contributed by atoms with van der Waals surface area (Å²) >= 11 is 0. The summed E-state index contributed by atoms with van der Waals surface area (Å²) in [5.74, 6) is 1.84. The van der Waals surface area contributed by atoms with E-state index in [2.05, 4.69) is 10.6 Å². The van der Waals surface area contributed by atoms with Crippen LogP contribution in [0.1, 0.15) is 36.1 Å². The molecular formula is C24H22N2O3. The third kappa shape index (κ3) is 3.18. The summed E-state index contributed by atoms with van der Waals surface area (Å²) in [6.45, 7) is 0. The highest BCUT2D eigenvalue weighted by molar-refractivity contribution is 6.01. The van der Waals surface area contributed by atoms with Crippen LogP contribution in [0.4, 0.5) is 11.4 Å². The van der Waals surface area contributed by atoms with Crippen LogP contribution in [0.15, 0.2) is 82.6 Å². The number of nitrogens with one attached hydrogen (secondary N) is 2. The molecule has 0 unspecified atom stereocenters. The van der Waals surface area contributed by atoms with Crippen LogP contribution in [-0.4, -0.2) is 12.9 Å². The summed E-state index contributed by atoms with van der Waals surface area (Å²) in [4.78, 5) is 13.3. The first kappa shape index (κ1) is 17.6. The number of fused-ring (bicyclic) bond motifs is 1. The van der Waals surface area contributed by atoms with Gasteiger partial charge in [0.1, 0.15) is 11.5 Å². The minimum Gasteiger partial charge on any atom is -0.497 e. The Bertz CT molecular complexity index is 1070. The summed E-state index contributed by atoms with van der Waals surface area (Å²) < 4.78 is 10.9. The van der Waals surface area contributed by atoms with Gasteiger partial charge in [-0.05, 0) is 48.4 Å². The van der Waals surface area contributed by atoms with E-state index >= 15 is 0 Å². The van der Waals surface area contributed by atoms with Crippen molar-refractivity contribution in [3.05, 3.63) is 89.5 Å². The van der Waals surface area contributed by atoms with Crippen molar-refractivity contribution in [1.29, 1.82) is 0 Å². The molecule has 2 N–H and O–H groups in total. The van der Waals surface area contributed by atoms with Crippen molar-refractivity contribution in [3.8, 4) is 5.75 Å². The Hall–Kier alpha value is -3.47. The maximum Gasteiger partial charge on any atom is 0.163 e. The summed E-state index contributed by atoms with van der Waals surface area (Å²) in [5.41, 5.74) is 4.74. The molecule has 1 aliphatic carbocycles. The number of para-hydroxylation sites is 2. The molecule has 5 heteroatoms. The number of hydrogen-bond donors (Lipinski definition) is 2. The normalized spacial score (nSPS) is 20.8. The molecule has 5 rings (SSSR count). The van der Waals surface area contributed by atoms with Gasteiger partial charge >= 0.3 is 0 Å². The minimum atomic E-state index is -0.225. The lowest BCUT2D eigenvalue weighted by atomic mass is 9.80. The fraction of sp³-hybridized carbons (Fsp3) is 0.208. The molecule has 3 aromatic rings. The molecule has 2 heterocycles. The van der Waals surface area contributed by atoms with Gasteiger partial charge in [0.15, 0.2) is 5.78 Å². The number of hydrogen-bond acceptors (Lipinski definition) is 5. The topological polar surface area (TPSA) is 63.5 Å². The number of anilines is 2. The number of allylic oxidation sites excluding steroid dienone is 1. The zero-order valence-corrected chi connectivity index (χ0v) is 16.1. The van der Waals surface area contributed by atoms with Crippen molar-refractivity contribution in [2.75, 3.05) is 17.7 Å². The molecule has 0 spiro atoms. The van der Waals surface area contributed by atoms with Gasteiger partial charge in [0.2, 0.25) is 0 Å². The number of ketones is 1. The molecule has 5 nitrogen and oxygen atoms in total. The smallest absolute Gasteiger partial charge is 0.163 e. The predicted molar refractivity (Wildman–Crippen MR) is 112 cm³/mol. The average Bonchev–Trinajstić information content (AvgIpc) is 3.23. The molecular weight excluding hydrogens is 364 g/mol. The molecule has 1 aromatic heterocycles. The number of furan rings is 1. The first-order chi connectivity index (χ1) is 14.2. The van der Waals surface area contributed by atoms with Crippen LogP contribution in [0.5, 0.6) is 5.75 Å². The summed E-state index contributed by atoms with van der Waals surface area (Å²) in [5, 5.41) is 7.12. The fourth-order valence-corrected chi connectivity index (χ4v) is 4.26. The lowest BCUT2D eigenvalue weighted by Gasteiger charge is -2.29. The zero-order valence-electron chi connectivity index (χ0n) is 16.1. The van der Waals surface area contributed by atoms with E-state index in [1.807, 2.05) is 60.7 Å². The Morgan fingerprint density at radius 2 is 1.76 bits per heavy atom. The number of methoxy groups -OCH3 is 1. The Morgan fingerprint density at radius 1 is 0.966 bits per heavy atom. The number of ether oxygens (including phenoxy) is 1. The van der Waals surface area contributed by atoms with Gasteiger partial charge in [-0.25, -0.2) is 0 Å². The summed E-state index contributed by atoms with van der Waals surface area (Å²) in [6, 6.07) is 19.6. The van der Waals surface area contributed by atoms with E-state index in [-0.39, 0.29) is 17.7 Å². The van der Waals surface area contributed by atoms with E-state index in [4.69, 9.17) is 9.15 Å². The van der Waals surface area contributed by atoms with E-state index in [0.29, 0.717) is 6.42 Å². The first-order valence-corrected chi connectivity index (χ1v) is 9.79. The van der Waals surface area contributed by atoms with E-state index in [0.717, 1.165) is 46.1 Å². The quantitative estimate of drug-likeness (QED) is 0.642. The standard InChI is InChI=1S/C24H22N2O3/c1-28-17-10-8-15(9-11-17)24-23-20(25-18-5-2-3-6-19(18)26-24)13-16(14-21(23)27)22-7-4-12-29-22/h2-12,16,24-26H,13-14H2,1H3/t16-,24+/m1/s1. The highest BCUT2D eigenvalue weighted by Crippen LogP contribution is 2.44. The van der Waals surface area contributed by atoms with Crippen molar-refractivity contribution < 1.29 is 13.9 Å². The van der Waals surface area contributed by atoms with Crippen LogP contribution < -0.4 is 15.4 Å². The molecule has 2 aliphatic rings. The maximum absolute atomic E-state index is 13.3. The van der Waals surface area contributed by atoms with Gasteiger partial charge < -0.3 is 19.8 Å². The minimum absolute atomic E-state index is 0.0468. The largest absolute Gasteiger partial charge is 0.497 e. The van der Waals surface area contributed by atoms with Gasteiger partial charge in [-0.3, -0.25) is 4.79 Å². The third-order valence-corrected chi connectivity index (χ3v) is 5.70. The van der Waals surface area contributed by atoms with E-state index in [1.165, 1.54) is 0 Å². The molecule has 0 saturated carbocycles. The van der Waals surface area contributed by atoms with Crippen LogP contribution >= 0.6 is 0 Å². The van der Waals surface area contributed by atoms with Gasteiger partial charge in [-0.1, -0.05) is 24.3 Å². The highest BCUT2D eigenvalue weighted by atomic mass is 16.5.